The first kappa shape index (κ1) is 17.2. The van der Waals surface area contributed by atoms with Gasteiger partial charge >= 0.3 is 6.09 Å². The van der Waals surface area contributed by atoms with Gasteiger partial charge in [0.1, 0.15) is 5.75 Å². The van der Waals surface area contributed by atoms with Crippen molar-refractivity contribution in [2.45, 2.75) is 25.7 Å². The van der Waals surface area contributed by atoms with Gasteiger partial charge in [-0.3, -0.25) is 9.18 Å². The Hall–Kier alpha value is -2.11. The lowest BCUT2D eigenvalue weighted by Gasteiger charge is -2.31. The molecular formula is C17H22FN2O3. The molecule has 0 spiro atoms. The summed E-state index contributed by atoms with van der Waals surface area (Å²) in [5, 5.41) is 0. The number of hydrogen-bond donors (Lipinski definition) is 1. The highest BCUT2D eigenvalue weighted by Gasteiger charge is 2.22. The van der Waals surface area contributed by atoms with E-state index in [0.717, 1.165) is 18.4 Å². The highest BCUT2D eigenvalue weighted by Crippen LogP contribution is 2.21. The number of rotatable bonds is 6. The number of alkyl halides is 1. The molecule has 2 N–H and O–H groups in total. The number of ether oxygens (including phenoxy) is 1. The largest absolute Gasteiger partial charge is 0.411 e. The van der Waals surface area contributed by atoms with E-state index in [0.29, 0.717) is 37.6 Å². The summed E-state index contributed by atoms with van der Waals surface area (Å²) < 4.78 is 17.1. The van der Waals surface area contributed by atoms with Gasteiger partial charge in [-0.1, -0.05) is 12.1 Å². The maximum atomic E-state index is 12.3. The number of nitrogens with zero attached hydrogens (tertiary/aromatic N) is 1. The van der Waals surface area contributed by atoms with Gasteiger partial charge < -0.3 is 15.4 Å². The second-order valence-corrected chi connectivity index (χ2v) is 5.72. The second-order valence-electron chi connectivity index (χ2n) is 5.72. The van der Waals surface area contributed by atoms with E-state index in [1.165, 1.54) is 0 Å². The summed E-state index contributed by atoms with van der Waals surface area (Å²) in [7, 11) is 0. The number of carbonyl (C=O) groups excluding carboxylic acids is 2. The molecule has 1 heterocycles. The minimum absolute atomic E-state index is 0.0150. The van der Waals surface area contributed by atoms with Gasteiger partial charge in [0.2, 0.25) is 5.91 Å². The molecular weight excluding hydrogens is 299 g/mol. The monoisotopic (exact) mass is 321 g/mol. The Morgan fingerprint density at radius 3 is 2.48 bits per heavy atom. The lowest BCUT2D eigenvalue weighted by Crippen LogP contribution is -2.38. The van der Waals surface area contributed by atoms with E-state index in [1.54, 1.807) is 30.7 Å². The summed E-state index contributed by atoms with van der Waals surface area (Å²) in [6, 6.07) is 6.85. The van der Waals surface area contributed by atoms with E-state index in [-0.39, 0.29) is 12.6 Å². The quantitative estimate of drug-likeness (QED) is 0.875. The predicted molar refractivity (Wildman–Crippen MR) is 84.6 cm³/mol. The number of primary amides is 1. The minimum Gasteiger partial charge on any atom is -0.411 e. The van der Waals surface area contributed by atoms with Crippen LogP contribution < -0.4 is 10.5 Å². The molecule has 2 amide bonds. The maximum absolute atomic E-state index is 12.3. The molecule has 0 unspecified atom stereocenters. The lowest BCUT2D eigenvalue weighted by atomic mass is 9.94. The molecule has 1 fully saturated rings. The van der Waals surface area contributed by atoms with Crippen LogP contribution in [0.15, 0.2) is 24.3 Å². The molecule has 2 rings (SSSR count). The summed E-state index contributed by atoms with van der Waals surface area (Å²) in [6.07, 6.45) is 3.67. The predicted octanol–water partition coefficient (Wildman–Crippen LogP) is 2.49. The number of halogens is 1. The first-order valence-corrected chi connectivity index (χ1v) is 7.83. The highest BCUT2D eigenvalue weighted by atomic mass is 19.1. The summed E-state index contributed by atoms with van der Waals surface area (Å²) in [5.74, 6) is 0.797. The molecule has 23 heavy (non-hydrogen) atoms. The van der Waals surface area contributed by atoms with E-state index < -0.39 is 6.09 Å². The first-order chi connectivity index (χ1) is 11.1. The molecule has 125 valence electrons. The molecule has 5 nitrogen and oxygen atoms in total. The molecule has 0 atom stereocenters. The van der Waals surface area contributed by atoms with Crippen molar-refractivity contribution in [1.29, 1.82) is 0 Å². The van der Waals surface area contributed by atoms with E-state index in [1.807, 2.05) is 4.90 Å². The Balaban J connectivity index is 1.75. The Morgan fingerprint density at radius 2 is 1.91 bits per heavy atom. The standard InChI is InChI=1S/C17H22FN2O3/c18-10-7-14-8-11-20(12-9-14)16(21)6-3-13-1-4-15(5-2-13)23-17(19)22/h1-2,4-6,14H,3,7-12H2,(H2,19,22). The molecule has 1 aromatic carbocycles. The van der Waals surface area contributed by atoms with Crippen molar-refractivity contribution in [3.8, 4) is 5.75 Å². The zero-order valence-corrected chi connectivity index (χ0v) is 13.0. The van der Waals surface area contributed by atoms with Crippen LogP contribution in [0.5, 0.6) is 5.75 Å². The van der Waals surface area contributed by atoms with Gasteiger partial charge in [0.15, 0.2) is 0 Å². The third-order valence-corrected chi connectivity index (χ3v) is 4.10. The van der Waals surface area contributed by atoms with Crippen LogP contribution in [0, 0.1) is 12.3 Å². The topological polar surface area (TPSA) is 72.6 Å². The van der Waals surface area contributed by atoms with Crippen molar-refractivity contribution in [1.82, 2.24) is 4.90 Å². The van der Waals surface area contributed by atoms with Gasteiger partial charge in [-0.2, -0.15) is 0 Å². The van der Waals surface area contributed by atoms with Crippen LogP contribution in [0.3, 0.4) is 0 Å². The smallest absolute Gasteiger partial charge is 0.409 e. The second kappa shape index (κ2) is 8.50. The normalized spacial score (nSPS) is 15.4. The molecule has 1 saturated heterocycles. The van der Waals surface area contributed by atoms with Crippen molar-refractivity contribution in [3.63, 3.8) is 0 Å². The fourth-order valence-electron chi connectivity index (χ4n) is 2.74. The van der Waals surface area contributed by atoms with Crippen LogP contribution in [0.4, 0.5) is 9.18 Å². The summed E-state index contributed by atoms with van der Waals surface area (Å²) in [5.41, 5.74) is 5.88. The lowest BCUT2D eigenvalue weighted by molar-refractivity contribution is -0.129. The van der Waals surface area contributed by atoms with Crippen molar-refractivity contribution >= 4 is 12.0 Å². The third-order valence-electron chi connectivity index (χ3n) is 4.10. The van der Waals surface area contributed by atoms with Crippen LogP contribution in [0.1, 0.15) is 24.8 Å². The van der Waals surface area contributed by atoms with Crippen molar-refractivity contribution < 1.29 is 18.7 Å². The van der Waals surface area contributed by atoms with Crippen LogP contribution >= 0.6 is 0 Å². The zero-order valence-electron chi connectivity index (χ0n) is 13.0. The molecule has 0 bridgehead atoms. The van der Waals surface area contributed by atoms with Crippen molar-refractivity contribution in [2.75, 3.05) is 19.8 Å². The van der Waals surface area contributed by atoms with E-state index >= 15 is 0 Å². The number of amides is 2. The van der Waals surface area contributed by atoms with Crippen molar-refractivity contribution in [3.05, 3.63) is 36.2 Å². The Morgan fingerprint density at radius 1 is 1.26 bits per heavy atom. The fraction of sp³-hybridized carbons (Fsp3) is 0.471. The van der Waals surface area contributed by atoms with Crippen LogP contribution in [0.25, 0.3) is 0 Å². The van der Waals surface area contributed by atoms with E-state index in [4.69, 9.17) is 10.5 Å². The molecule has 0 saturated carbocycles. The summed E-state index contributed by atoms with van der Waals surface area (Å²) >= 11 is 0. The maximum Gasteiger partial charge on any atom is 0.409 e. The number of nitrogens with two attached hydrogens (primary N) is 1. The van der Waals surface area contributed by atoms with Crippen molar-refractivity contribution in [2.24, 2.45) is 11.7 Å². The Kier molecular flexibility index (Phi) is 6.38. The average molecular weight is 321 g/mol. The van der Waals surface area contributed by atoms with E-state index in [2.05, 4.69) is 0 Å². The number of benzene rings is 1. The van der Waals surface area contributed by atoms with Crippen LogP contribution in [-0.4, -0.2) is 36.7 Å². The van der Waals surface area contributed by atoms with Gasteiger partial charge in [0, 0.05) is 13.1 Å². The summed E-state index contributed by atoms with van der Waals surface area (Å²) in [4.78, 5) is 24.6. The fourth-order valence-corrected chi connectivity index (χ4v) is 2.74. The molecule has 6 heteroatoms. The molecule has 0 aromatic heterocycles. The van der Waals surface area contributed by atoms with Crippen LogP contribution in [0.2, 0.25) is 0 Å². The first-order valence-electron chi connectivity index (χ1n) is 7.83. The molecule has 1 aliphatic heterocycles. The minimum atomic E-state index is -0.851. The number of piperidine rings is 1. The van der Waals surface area contributed by atoms with Gasteiger partial charge in [0.05, 0.1) is 13.1 Å². The van der Waals surface area contributed by atoms with Gasteiger partial charge in [-0.15, -0.1) is 0 Å². The van der Waals surface area contributed by atoms with Gasteiger partial charge in [-0.05, 0) is 49.3 Å². The highest BCUT2D eigenvalue weighted by molar-refractivity contribution is 5.85. The van der Waals surface area contributed by atoms with Gasteiger partial charge in [0.25, 0.3) is 0 Å². The number of carbonyl (C=O) groups is 2. The van der Waals surface area contributed by atoms with E-state index in [9.17, 15) is 14.0 Å². The SMILES string of the molecule is NC(=O)Oc1ccc(C[CH]C(=O)N2CCC(CCF)CC2)cc1. The molecule has 1 radical (unpaired) electrons. The Bertz CT molecular complexity index is 525. The number of likely N-dealkylation sites (tertiary alicyclic amines) is 1. The molecule has 1 aromatic rings. The Labute approximate surface area is 135 Å². The molecule has 1 aliphatic rings. The molecule has 0 aliphatic carbocycles. The van der Waals surface area contributed by atoms with Gasteiger partial charge in [-0.25, -0.2) is 4.79 Å². The zero-order chi connectivity index (χ0) is 16.7. The third kappa shape index (κ3) is 5.54. The summed E-state index contributed by atoms with van der Waals surface area (Å²) in [6.45, 7) is 1.12. The number of hydrogen-bond acceptors (Lipinski definition) is 3. The van der Waals surface area contributed by atoms with Crippen LogP contribution in [-0.2, 0) is 11.2 Å². The average Bonchev–Trinajstić information content (AvgIpc) is 2.54.